The Kier molecular flexibility index (Phi) is 2.93. The van der Waals surface area contributed by atoms with Gasteiger partial charge < -0.3 is 5.32 Å². The van der Waals surface area contributed by atoms with Crippen LogP contribution in [-0.4, -0.2) is 22.2 Å². The standard InChI is InChI=1S/C16H11BrN4/c17-10-7-11(16-14(8-10)18-5-6-19-16)15-9-20-12-3-1-2-4-13(12)21-15/h1-8,20H,9H2. The number of nitrogens with zero attached hydrogens (tertiary/aromatic N) is 3. The summed E-state index contributed by atoms with van der Waals surface area (Å²) in [4.78, 5) is 13.6. The van der Waals surface area contributed by atoms with Gasteiger partial charge >= 0.3 is 0 Å². The molecule has 0 radical (unpaired) electrons. The molecule has 0 atom stereocenters. The maximum Gasteiger partial charge on any atom is 0.0978 e. The summed E-state index contributed by atoms with van der Waals surface area (Å²) < 4.78 is 0.979. The van der Waals surface area contributed by atoms with Crippen LogP contribution < -0.4 is 5.32 Å². The Morgan fingerprint density at radius 2 is 1.90 bits per heavy atom. The molecule has 0 saturated heterocycles. The van der Waals surface area contributed by atoms with Crippen LogP contribution in [0, 0.1) is 0 Å². The molecule has 0 fully saturated rings. The van der Waals surface area contributed by atoms with Crippen LogP contribution in [0.25, 0.3) is 11.0 Å². The fraction of sp³-hybridized carbons (Fsp3) is 0.0625. The molecule has 1 aliphatic rings. The van der Waals surface area contributed by atoms with E-state index in [0.717, 1.165) is 38.2 Å². The number of aliphatic imine (C=N–C) groups is 1. The van der Waals surface area contributed by atoms with E-state index in [1.807, 2.05) is 36.4 Å². The lowest BCUT2D eigenvalue weighted by Crippen LogP contribution is -2.19. The lowest BCUT2D eigenvalue weighted by molar-refractivity contribution is 1.26. The number of benzene rings is 2. The van der Waals surface area contributed by atoms with Gasteiger partial charge in [-0.05, 0) is 24.3 Å². The van der Waals surface area contributed by atoms with E-state index in [9.17, 15) is 0 Å². The molecule has 1 aromatic heterocycles. The van der Waals surface area contributed by atoms with Crippen molar-refractivity contribution in [3.05, 3.63) is 58.8 Å². The zero-order valence-corrected chi connectivity index (χ0v) is 12.6. The molecule has 0 spiro atoms. The molecular formula is C16H11BrN4. The molecule has 2 heterocycles. The molecular weight excluding hydrogens is 328 g/mol. The quantitative estimate of drug-likeness (QED) is 0.731. The van der Waals surface area contributed by atoms with Crippen molar-refractivity contribution in [2.75, 3.05) is 11.9 Å². The van der Waals surface area contributed by atoms with E-state index in [1.165, 1.54) is 0 Å². The van der Waals surface area contributed by atoms with Gasteiger partial charge in [-0.1, -0.05) is 28.1 Å². The third kappa shape index (κ3) is 2.19. The molecule has 21 heavy (non-hydrogen) atoms. The fourth-order valence-corrected chi connectivity index (χ4v) is 2.95. The summed E-state index contributed by atoms with van der Waals surface area (Å²) in [7, 11) is 0. The molecule has 1 aliphatic heterocycles. The van der Waals surface area contributed by atoms with Crippen LogP contribution in [0.5, 0.6) is 0 Å². The normalized spacial score (nSPS) is 13.5. The topological polar surface area (TPSA) is 50.2 Å². The van der Waals surface area contributed by atoms with Crippen LogP contribution in [0.1, 0.15) is 5.56 Å². The minimum atomic E-state index is 0.680. The molecule has 5 heteroatoms. The van der Waals surface area contributed by atoms with E-state index in [0.29, 0.717) is 6.54 Å². The lowest BCUT2D eigenvalue weighted by Gasteiger charge is -2.18. The number of rotatable bonds is 1. The molecule has 0 aliphatic carbocycles. The monoisotopic (exact) mass is 338 g/mol. The van der Waals surface area contributed by atoms with Crippen molar-refractivity contribution < 1.29 is 0 Å². The molecule has 0 unspecified atom stereocenters. The Hall–Kier alpha value is -2.27. The van der Waals surface area contributed by atoms with Gasteiger partial charge in [-0.15, -0.1) is 0 Å². The lowest BCUT2D eigenvalue weighted by atomic mass is 10.1. The predicted molar refractivity (Wildman–Crippen MR) is 88.4 cm³/mol. The summed E-state index contributed by atoms with van der Waals surface area (Å²) in [6.45, 7) is 0.680. The maximum absolute atomic E-state index is 4.77. The predicted octanol–water partition coefficient (Wildman–Crippen LogP) is 3.94. The first-order chi connectivity index (χ1) is 10.3. The van der Waals surface area contributed by atoms with E-state index in [4.69, 9.17) is 4.99 Å². The Bertz CT molecular complexity index is 873. The third-order valence-electron chi connectivity index (χ3n) is 3.46. The van der Waals surface area contributed by atoms with Crippen LogP contribution in [-0.2, 0) is 0 Å². The summed E-state index contributed by atoms with van der Waals surface area (Å²) in [6.07, 6.45) is 3.42. The highest BCUT2D eigenvalue weighted by molar-refractivity contribution is 9.10. The Morgan fingerprint density at radius 3 is 2.86 bits per heavy atom. The Morgan fingerprint density at radius 1 is 1.05 bits per heavy atom. The van der Waals surface area contributed by atoms with Crippen LogP contribution >= 0.6 is 15.9 Å². The number of fused-ring (bicyclic) bond motifs is 2. The first-order valence-corrected chi connectivity index (χ1v) is 7.42. The first-order valence-electron chi connectivity index (χ1n) is 6.62. The van der Waals surface area contributed by atoms with Crippen molar-refractivity contribution in [1.82, 2.24) is 9.97 Å². The third-order valence-corrected chi connectivity index (χ3v) is 3.91. The maximum atomic E-state index is 4.77. The number of hydrogen-bond acceptors (Lipinski definition) is 4. The van der Waals surface area contributed by atoms with E-state index < -0.39 is 0 Å². The minimum Gasteiger partial charge on any atom is -0.378 e. The van der Waals surface area contributed by atoms with Gasteiger partial charge in [0.05, 0.1) is 34.7 Å². The zero-order valence-electron chi connectivity index (χ0n) is 11.0. The number of hydrogen-bond donors (Lipinski definition) is 1. The SMILES string of the molecule is Brc1cc(C2=Nc3ccccc3NC2)c2nccnc2c1. The highest BCUT2D eigenvalue weighted by Gasteiger charge is 2.16. The van der Waals surface area contributed by atoms with Crippen LogP contribution in [0.3, 0.4) is 0 Å². The molecule has 0 amide bonds. The molecule has 0 saturated carbocycles. The van der Waals surface area contributed by atoms with E-state index in [2.05, 4.69) is 31.2 Å². The van der Waals surface area contributed by atoms with Crippen molar-refractivity contribution in [2.45, 2.75) is 0 Å². The highest BCUT2D eigenvalue weighted by Crippen LogP contribution is 2.30. The summed E-state index contributed by atoms with van der Waals surface area (Å²) in [5.74, 6) is 0. The second-order valence-electron chi connectivity index (χ2n) is 4.81. The highest BCUT2D eigenvalue weighted by atomic mass is 79.9. The van der Waals surface area contributed by atoms with E-state index in [1.54, 1.807) is 12.4 Å². The summed E-state index contributed by atoms with van der Waals surface area (Å²) in [5, 5.41) is 3.40. The number of para-hydroxylation sites is 2. The van der Waals surface area contributed by atoms with Gasteiger partial charge in [-0.2, -0.15) is 0 Å². The molecule has 2 aromatic carbocycles. The average molecular weight is 339 g/mol. The summed E-state index contributed by atoms with van der Waals surface area (Å²) in [6, 6.07) is 12.1. The first kappa shape index (κ1) is 12.5. The second-order valence-corrected chi connectivity index (χ2v) is 5.72. The Labute approximate surface area is 130 Å². The van der Waals surface area contributed by atoms with Gasteiger partial charge in [0.15, 0.2) is 0 Å². The fourth-order valence-electron chi connectivity index (χ4n) is 2.50. The number of nitrogens with one attached hydrogen (secondary N) is 1. The van der Waals surface area contributed by atoms with Crippen LogP contribution in [0.4, 0.5) is 11.4 Å². The van der Waals surface area contributed by atoms with Gasteiger partial charge in [0.1, 0.15) is 0 Å². The Balaban J connectivity index is 1.94. The minimum absolute atomic E-state index is 0.680. The van der Waals surface area contributed by atoms with Crippen molar-refractivity contribution in [3.63, 3.8) is 0 Å². The average Bonchev–Trinajstić information content (AvgIpc) is 2.53. The molecule has 102 valence electrons. The molecule has 3 aromatic rings. The van der Waals surface area contributed by atoms with E-state index in [-0.39, 0.29) is 0 Å². The van der Waals surface area contributed by atoms with Gasteiger partial charge in [-0.3, -0.25) is 9.97 Å². The molecule has 0 bridgehead atoms. The molecule has 4 nitrogen and oxygen atoms in total. The van der Waals surface area contributed by atoms with Gasteiger partial charge in [0.2, 0.25) is 0 Å². The largest absolute Gasteiger partial charge is 0.378 e. The molecule has 1 N–H and O–H groups in total. The molecule has 4 rings (SSSR count). The van der Waals surface area contributed by atoms with Gasteiger partial charge in [0, 0.05) is 22.4 Å². The summed E-state index contributed by atoms with van der Waals surface area (Å²) >= 11 is 3.54. The van der Waals surface area contributed by atoms with Crippen molar-refractivity contribution in [1.29, 1.82) is 0 Å². The van der Waals surface area contributed by atoms with E-state index >= 15 is 0 Å². The summed E-state index contributed by atoms with van der Waals surface area (Å²) in [5.41, 5.74) is 5.74. The zero-order chi connectivity index (χ0) is 14.2. The number of anilines is 1. The number of halogens is 1. The van der Waals surface area contributed by atoms with Gasteiger partial charge in [0.25, 0.3) is 0 Å². The number of aromatic nitrogens is 2. The second kappa shape index (κ2) is 4.93. The smallest absolute Gasteiger partial charge is 0.0978 e. The van der Waals surface area contributed by atoms with Crippen molar-refractivity contribution in [2.24, 2.45) is 4.99 Å². The van der Waals surface area contributed by atoms with Crippen molar-refractivity contribution >= 4 is 44.0 Å². The van der Waals surface area contributed by atoms with Crippen molar-refractivity contribution in [3.8, 4) is 0 Å². The van der Waals surface area contributed by atoms with Crippen LogP contribution in [0.15, 0.2) is 58.3 Å². The van der Waals surface area contributed by atoms with Crippen LogP contribution in [0.2, 0.25) is 0 Å². The van der Waals surface area contributed by atoms with Gasteiger partial charge in [-0.25, -0.2) is 4.99 Å².